The molecule has 0 fully saturated rings. The van der Waals surface area contributed by atoms with Gasteiger partial charge in [0.15, 0.2) is 0 Å². The maximum Gasteiger partial charge on any atom is 0.0540 e. The summed E-state index contributed by atoms with van der Waals surface area (Å²) in [5.74, 6) is 0. The van der Waals surface area contributed by atoms with Crippen LogP contribution in [0.2, 0.25) is 0 Å². The van der Waals surface area contributed by atoms with Crippen LogP contribution in [0.3, 0.4) is 0 Å². The summed E-state index contributed by atoms with van der Waals surface area (Å²) in [6, 6.07) is 55.8. The lowest BCUT2D eigenvalue weighted by atomic mass is 9.80. The first kappa shape index (κ1) is 25.1. The number of fused-ring (bicyclic) bond motifs is 2. The Morgan fingerprint density at radius 3 is 1.98 bits per heavy atom. The third-order valence-corrected chi connectivity index (χ3v) is 9.76. The van der Waals surface area contributed by atoms with E-state index in [1.54, 1.807) is 0 Å². The van der Waals surface area contributed by atoms with Crippen molar-refractivity contribution >= 4 is 60.2 Å². The van der Waals surface area contributed by atoms with Gasteiger partial charge < -0.3 is 4.90 Å². The van der Waals surface area contributed by atoms with Gasteiger partial charge in [0.05, 0.1) is 5.69 Å². The van der Waals surface area contributed by atoms with Crippen molar-refractivity contribution in [2.45, 2.75) is 19.3 Å². The molecule has 1 heteroatoms. The van der Waals surface area contributed by atoms with Crippen molar-refractivity contribution in [3.05, 3.63) is 163 Å². The molecule has 0 saturated heterocycles. The molecule has 1 aliphatic rings. The van der Waals surface area contributed by atoms with E-state index in [0.717, 1.165) is 11.4 Å². The largest absolute Gasteiger partial charge is 0.310 e. The summed E-state index contributed by atoms with van der Waals surface area (Å²) in [5, 5.41) is 10.5. The van der Waals surface area contributed by atoms with Crippen molar-refractivity contribution in [2.75, 3.05) is 4.90 Å². The molecule has 0 N–H and O–H groups in total. The van der Waals surface area contributed by atoms with Gasteiger partial charge in [-0.3, -0.25) is 0 Å². The molecule has 0 saturated carbocycles. The lowest BCUT2D eigenvalue weighted by Crippen LogP contribution is -2.15. The van der Waals surface area contributed by atoms with Crippen LogP contribution in [0.5, 0.6) is 0 Å². The Kier molecular flexibility index (Phi) is 5.31. The van der Waals surface area contributed by atoms with E-state index in [-0.39, 0.29) is 5.41 Å². The smallest absolute Gasteiger partial charge is 0.0540 e. The zero-order valence-electron chi connectivity index (χ0n) is 24.9. The number of benzene rings is 8. The van der Waals surface area contributed by atoms with Gasteiger partial charge in [0, 0.05) is 22.2 Å². The van der Waals surface area contributed by atoms with Crippen LogP contribution >= 0.6 is 0 Å². The van der Waals surface area contributed by atoms with Crippen LogP contribution in [0.1, 0.15) is 25.0 Å². The Morgan fingerprint density at radius 2 is 1.11 bits per heavy atom. The van der Waals surface area contributed by atoms with Crippen molar-refractivity contribution < 1.29 is 0 Å². The highest BCUT2D eigenvalue weighted by Gasteiger charge is 2.34. The first-order chi connectivity index (χ1) is 21.6. The van der Waals surface area contributed by atoms with Crippen molar-refractivity contribution in [1.29, 1.82) is 0 Å². The highest BCUT2D eigenvalue weighted by molar-refractivity contribution is 6.16. The third kappa shape index (κ3) is 3.59. The fourth-order valence-corrected chi connectivity index (χ4v) is 7.61. The number of rotatable bonds is 4. The van der Waals surface area contributed by atoms with Gasteiger partial charge >= 0.3 is 0 Å². The van der Waals surface area contributed by atoms with E-state index in [1.165, 1.54) is 71.0 Å². The molecule has 0 atom stereocenters. The fraction of sp³-hybridized carbons (Fsp3) is 0.0698. The molecule has 8 aromatic rings. The maximum absolute atomic E-state index is 2.46. The standard InChI is InChI=1S/C43H31N/c1-43(2)38-18-10-13-29-19-20-31-25-32(27-39(43)42(31)41(29)38)35-23-24-40(37-17-9-8-16-36(35)37)44(33-14-4-3-5-15-33)34-22-21-28-11-6-7-12-30(28)26-34/h3-27H,1-2H3. The highest BCUT2D eigenvalue weighted by Crippen LogP contribution is 2.51. The maximum atomic E-state index is 2.46. The molecule has 0 heterocycles. The van der Waals surface area contributed by atoms with Crippen molar-refractivity contribution in [3.8, 4) is 11.1 Å². The van der Waals surface area contributed by atoms with Gasteiger partial charge in [0.1, 0.15) is 0 Å². The third-order valence-electron chi connectivity index (χ3n) is 9.76. The summed E-state index contributed by atoms with van der Waals surface area (Å²) in [4.78, 5) is 2.40. The van der Waals surface area contributed by atoms with Crippen molar-refractivity contribution in [2.24, 2.45) is 0 Å². The van der Waals surface area contributed by atoms with Crippen molar-refractivity contribution in [3.63, 3.8) is 0 Å². The van der Waals surface area contributed by atoms with Crippen LogP contribution in [0, 0.1) is 0 Å². The molecule has 208 valence electrons. The van der Waals surface area contributed by atoms with Gasteiger partial charge in [0.2, 0.25) is 0 Å². The van der Waals surface area contributed by atoms with E-state index in [0.29, 0.717) is 0 Å². The second kappa shape index (κ2) is 9.30. The van der Waals surface area contributed by atoms with E-state index in [1.807, 2.05) is 0 Å². The zero-order valence-corrected chi connectivity index (χ0v) is 24.9. The molecule has 1 nitrogen and oxygen atoms in total. The Labute approximate surface area is 257 Å². The molecule has 0 aromatic heterocycles. The van der Waals surface area contributed by atoms with Crippen LogP contribution in [0.4, 0.5) is 17.1 Å². The lowest BCUT2D eigenvalue weighted by molar-refractivity contribution is 0.663. The normalized spacial score (nSPS) is 13.4. The van der Waals surface area contributed by atoms with Crippen LogP contribution in [-0.4, -0.2) is 0 Å². The molecule has 9 rings (SSSR count). The average Bonchev–Trinajstić information content (AvgIpc) is 3.31. The van der Waals surface area contributed by atoms with E-state index >= 15 is 0 Å². The molecule has 1 aliphatic carbocycles. The molecule has 0 bridgehead atoms. The SMILES string of the molecule is CC1(C)c2cccc3ccc4cc(-c5ccc(N(c6ccccc6)c6ccc7ccccc7c6)c6ccccc56)cc1c4c23. The minimum atomic E-state index is -0.0482. The molecular weight excluding hydrogens is 530 g/mol. The van der Waals surface area contributed by atoms with Crippen molar-refractivity contribution in [1.82, 2.24) is 0 Å². The van der Waals surface area contributed by atoms with Crippen LogP contribution < -0.4 is 4.90 Å². The first-order valence-corrected chi connectivity index (χ1v) is 15.4. The Morgan fingerprint density at radius 1 is 0.432 bits per heavy atom. The predicted octanol–water partition coefficient (Wildman–Crippen LogP) is 12.1. The van der Waals surface area contributed by atoms with Gasteiger partial charge in [-0.25, -0.2) is 0 Å². The van der Waals surface area contributed by atoms with Gasteiger partial charge in [-0.15, -0.1) is 0 Å². The summed E-state index contributed by atoms with van der Waals surface area (Å²) in [7, 11) is 0. The highest BCUT2D eigenvalue weighted by atomic mass is 15.1. The summed E-state index contributed by atoms with van der Waals surface area (Å²) in [6.07, 6.45) is 0. The summed E-state index contributed by atoms with van der Waals surface area (Å²) < 4.78 is 0. The van der Waals surface area contributed by atoms with E-state index < -0.39 is 0 Å². The van der Waals surface area contributed by atoms with E-state index in [9.17, 15) is 0 Å². The molecule has 0 radical (unpaired) electrons. The van der Waals surface area contributed by atoms with E-state index in [2.05, 4.69) is 170 Å². The lowest BCUT2D eigenvalue weighted by Gasteiger charge is -2.28. The Hall–Kier alpha value is -5.40. The number of nitrogens with zero attached hydrogens (tertiary/aromatic N) is 1. The second-order valence-corrected chi connectivity index (χ2v) is 12.6. The minimum absolute atomic E-state index is 0.0482. The monoisotopic (exact) mass is 561 g/mol. The van der Waals surface area contributed by atoms with Crippen LogP contribution in [-0.2, 0) is 5.41 Å². The van der Waals surface area contributed by atoms with Gasteiger partial charge in [-0.05, 0) is 102 Å². The number of hydrogen-bond donors (Lipinski definition) is 0. The summed E-state index contributed by atoms with van der Waals surface area (Å²) in [5.41, 5.74) is 8.80. The predicted molar refractivity (Wildman–Crippen MR) is 189 cm³/mol. The van der Waals surface area contributed by atoms with Gasteiger partial charge in [-0.1, -0.05) is 123 Å². The fourth-order valence-electron chi connectivity index (χ4n) is 7.61. The topological polar surface area (TPSA) is 3.24 Å². The number of para-hydroxylation sites is 1. The molecule has 8 aromatic carbocycles. The Bertz CT molecular complexity index is 2420. The molecule has 44 heavy (non-hydrogen) atoms. The van der Waals surface area contributed by atoms with E-state index in [4.69, 9.17) is 0 Å². The van der Waals surface area contributed by atoms with Gasteiger partial charge in [-0.2, -0.15) is 0 Å². The minimum Gasteiger partial charge on any atom is -0.310 e. The van der Waals surface area contributed by atoms with Crippen LogP contribution in [0.15, 0.2) is 152 Å². The molecular formula is C43H31N. The second-order valence-electron chi connectivity index (χ2n) is 12.6. The average molecular weight is 562 g/mol. The molecule has 0 amide bonds. The number of anilines is 3. The van der Waals surface area contributed by atoms with Gasteiger partial charge in [0.25, 0.3) is 0 Å². The first-order valence-electron chi connectivity index (χ1n) is 15.4. The molecule has 0 unspecified atom stereocenters. The Balaban J connectivity index is 1.27. The summed E-state index contributed by atoms with van der Waals surface area (Å²) in [6.45, 7) is 4.76. The number of hydrogen-bond acceptors (Lipinski definition) is 1. The quantitative estimate of drug-likeness (QED) is 0.193. The van der Waals surface area contributed by atoms with Crippen LogP contribution in [0.25, 0.3) is 54.2 Å². The molecule has 0 aliphatic heterocycles. The summed E-state index contributed by atoms with van der Waals surface area (Å²) >= 11 is 0. The zero-order chi connectivity index (χ0) is 29.4. The molecule has 0 spiro atoms.